The highest BCUT2D eigenvalue weighted by atomic mass is 35.5. The van der Waals surface area contributed by atoms with Gasteiger partial charge in [-0.05, 0) is 29.8 Å². The van der Waals surface area contributed by atoms with Crippen molar-refractivity contribution in [1.82, 2.24) is 15.6 Å². The Morgan fingerprint density at radius 1 is 1.17 bits per heavy atom. The molecule has 0 saturated heterocycles. The summed E-state index contributed by atoms with van der Waals surface area (Å²) < 4.78 is 38.9. The summed E-state index contributed by atoms with van der Waals surface area (Å²) in [6.07, 6.45) is -2.69. The highest BCUT2D eigenvalue weighted by Crippen LogP contribution is 2.35. The molecule has 0 bridgehead atoms. The molecule has 0 saturated carbocycles. The number of rotatable bonds is 7. The molecule has 2 amide bonds. The minimum Gasteiger partial charge on any atom is -0.355 e. The molecule has 0 spiro atoms. The second-order valence-electron chi connectivity index (χ2n) is 6.69. The largest absolute Gasteiger partial charge is 0.417 e. The topological polar surface area (TPSA) is 71.1 Å². The zero-order chi connectivity index (χ0) is 21.6. The van der Waals surface area contributed by atoms with Crippen molar-refractivity contribution < 1.29 is 22.8 Å². The predicted molar refractivity (Wildman–Crippen MR) is 103 cm³/mol. The molecule has 0 fully saturated rings. The van der Waals surface area contributed by atoms with E-state index in [2.05, 4.69) is 15.6 Å². The highest BCUT2D eigenvalue weighted by molar-refractivity contribution is 6.31. The van der Waals surface area contributed by atoms with Gasteiger partial charge in [-0.1, -0.05) is 31.5 Å². The van der Waals surface area contributed by atoms with Gasteiger partial charge in [0.15, 0.2) is 0 Å². The average molecular weight is 428 g/mol. The molecule has 1 aromatic heterocycles. The van der Waals surface area contributed by atoms with Crippen molar-refractivity contribution in [3.63, 3.8) is 0 Å². The van der Waals surface area contributed by atoms with Crippen molar-refractivity contribution >= 4 is 23.4 Å². The van der Waals surface area contributed by atoms with Crippen molar-refractivity contribution in [3.05, 3.63) is 63.9 Å². The summed E-state index contributed by atoms with van der Waals surface area (Å²) >= 11 is 5.60. The van der Waals surface area contributed by atoms with Crippen LogP contribution in [-0.4, -0.2) is 23.3 Å². The number of amides is 2. The Bertz CT molecular complexity index is 886. The Morgan fingerprint density at radius 3 is 2.55 bits per heavy atom. The van der Waals surface area contributed by atoms with Crippen molar-refractivity contribution in [2.45, 2.75) is 33.0 Å². The van der Waals surface area contributed by atoms with E-state index < -0.39 is 22.7 Å². The Hall–Kier alpha value is -2.61. The van der Waals surface area contributed by atoms with Crippen LogP contribution in [-0.2, 0) is 23.9 Å². The fraction of sp³-hybridized carbons (Fsp3) is 0.350. The van der Waals surface area contributed by atoms with Crippen molar-refractivity contribution in [2.75, 3.05) is 6.54 Å². The molecule has 2 aromatic rings. The third kappa shape index (κ3) is 6.45. The predicted octanol–water partition coefficient (Wildman–Crippen LogP) is 4.00. The van der Waals surface area contributed by atoms with Gasteiger partial charge in [-0.2, -0.15) is 13.2 Å². The lowest BCUT2D eigenvalue weighted by Gasteiger charge is -2.13. The normalized spacial score (nSPS) is 11.4. The maximum absolute atomic E-state index is 13.0. The van der Waals surface area contributed by atoms with Crippen LogP contribution in [0.5, 0.6) is 0 Å². The number of nitrogens with zero attached hydrogens (tertiary/aromatic N) is 1. The molecule has 0 aliphatic carbocycles. The van der Waals surface area contributed by atoms with Gasteiger partial charge in [-0.15, -0.1) is 0 Å². The van der Waals surface area contributed by atoms with Gasteiger partial charge < -0.3 is 10.6 Å². The molecule has 5 nitrogen and oxygen atoms in total. The first-order chi connectivity index (χ1) is 13.6. The summed E-state index contributed by atoms with van der Waals surface area (Å²) in [5.41, 5.74) is 0.107. The number of pyridine rings is 1. The number of carbonyl (C=O) groups is 2. The lowest BCUT2D eigenvalue weighted by atomic mass is 10.1. The maximum Gasteiger partial charge on any atom is 0.417 e. The Labute approximate surface area is 171 Å². The summed E-state index contributed by atoms with van der Waals surface area (Å²) in [6, 6.07) is 6.65. The number of alkyl halides is 3. The van der Waals surface area contributed by atoms with E-state index in [0.29, 0.717) is 24.2 Å². The van der Waals surface area contributed by atoms with Gasteiger partial charge >= 0.3 is 6.18 Å². The van der Waals surface area contributed by atoms with Crippen LogP contribution in [0.2, 0.25) is 5.02 Å². The third-order valence-corrected chi connectivity index (χ3v) is 4.44. The quantitative estimate of drug-likeness (QED) is 0.701. The number of hydrogen-bond donors (Lipinski definition) is 2. The van der Waals surface area contributed by atoms with Gasteiger partial charge in [0.2, 0.25) is 5.91 Å². The fourth-order valence-electron chi connectivity index (χ4n) is 2.53. The van der Waals surface area contributed by atoms with Crippen LogP contribution in [0.25, 0.3) is 0 Å². The van der Waals surface area contributed by atoms with Crippen molar-refractivity contribution in [2.24, 2.45) is 5.92 Å². The van der Waals surface area contributed by atoms with Crippen LogP contribution in [0.1, 0.15) is 41.0 Å². The first kappa shape index (κ1) is 22.7. The molecule has 0 atom stereocenters. The summed E-state index contributed by atoms with van der Waals surface area (Å²) in [5, 5.41) is 4.95. The Balaban J connectivity index is 2.04. The first-order valence-electron chi connectivity index (χ1n) is 8.95. The molecule has 1 aromatic carbocycles. The van der Waals surface area contributed by atoms with Gasteiger partial charge in [0, 0.05) is 31.6 Å². The molecule has 2 N–H and O–H groups in total. The standard InChI is InChI=1S/C20H21ClF3N3O2/c1-12(2)18(28)26-9-7-17-14(4-3-8-25-17)19(29)27-11-13-5-6-16(21)15(10-13)20(22,23)24/h3-6,8,10,12H,7,9,11H2,1-2H3,(H,26,28)(H,27,29). The summed E-state index contributed by atoms with van der Waals surface area (Å²) in [5.74, 6) is -0.718. The first-order valence-corrected chi connectivity index (χ1v) is 9.32. The van der Waals surface area contributed by atoms with Crippen LogP contribution < -0.4 is 10.6 Å². The van der Waals surface area contributed by atoms with E-state index in [9.17, 15) is 22.8 Å². The molecule has 1 heterocycles. The van der Waals surface area contributed by atoms with E-state index in [1.807, 2.05) is 0 Å². The van der Waals surface area contributed by atoms with Gasteiger partial charge in [-0.3, -0.25) is 14.6 Å². The van der Waals surface area contributed by atoms with Crippen molar-refractivity contribution in [1.29, 1.82) is 0 Å². The average Bonchev–Trinajstić information content (AvgIpc) is 2.66. The van der Waals surface area contributed by atoms with E-state index in [-0.39, 0.29) is 23.9 Å². The van der Waals surface area contributed by atoms with E-state index in [0.717, 1.165) is 12.1 Å². The molecule has 0 unspecified atom stereocenters. The highest BCUT2D eigenvalue weighted by Gasteiger charge is 2.33. The molecule has 9 heteroatoms. The Kier molecular flexibility index (Phi) is 7.61. The summed E-state index contributed by atoms with van der Waals surface area (Å²) in [7, 11) is 0. The molecule has 0 aliphatic heterocycles. The van der Waals surface area contributed by atoms with Crippen LogP contribution >= 0.6 is 11.6 Å². The van der Waals surface area contributed by atoms with Crippen LogP contribution in [0.4, 0.5) is 13.2 Å². The van der Waals surface area contributed by atoms with E-state index in [4.69, 9.17) is 11.6 Å². The number of benzene rings is 1. The van der Waals surface area contributed by atoms with Crippen LogP contribution in [0, 0.1) is 5.92 Å². The third-order valence-electron chi connectivity index (χ3n) is 4.11. The number of carbonyl (C=O) groups excluding carboxylic acids is 2. The van der Waals surface area contributed by atoms with Crippen LogP contribution in [0.3, 0.4) is 0 Å². The van der Waals surface area contributed by atoms with Crippen molar-refractivity contribution in [3.8, 4) is 0 Å². The maximum atomic E-state index is 13.0. The van der Waals surface area contributed by atoms with Gasteiger partial charge in [0.25, 0.3) is 5.91 Å². The zero-order valence-corrected chi connectivity index (χ0v) is 16.7. The smallest absolute Gasteiger partial charge is 0.355 e. The van der Waals surface area contributed by atoms with E-state index >= 15 is 0 Å². The lowest BCUT2D eigenvalue weighted by Crippen LogP contribution is -2.30. The summed E-state index contributed by atoms with van der Waals surface area (Å²) in [6.45, 7) is 3.77. The van der Waals surface area contributed by atoms with Gasteiger partial charge in [-0.25, -0.2) is 0 Å². The molecular formula is C20H21ClF3N3O2. The fourth-order valence-corrected chi connectivity index (χ4v) is 2.75. The molecular weight excluding hydrogens is 407 g/mol. The SMILES string of the molecule is CC(C)C(=O)NCCc1ncccc1C(=O)NCc1ccc(Cl)c(C(F)(F)F)c1. The summed E-state index contributed by atoms with van der Waals surface area (Å²) in [4.78, 5) is 28.3. The number of nitrogens with one attached hydrogen (secondary N) is 2. The zero-order valence-electron chi connectivity index (χ0n) is 15.9. The van der Waals surface area contributed by atoms with Crippen LogP contribution in [0.15, 0.2) is 36.5 Å². The molecule has 29 heavy (non-hydrogen) atoms. The number of hydrogen-bond acceptors (Lipinski definition) is 3. The van der Waals surface area contributed by atoms with E-state index in [1.165, 1.54) is 12.3 Å². The monoisotopic (exact) mass is 427 g/mol. The molecule has 0 aliphatic rings. The molecule has 0 radical (unpaired) electrons. The molecule has 2 rings (SSSR count). The second kappa shape index (κ2) is 9.73. The van der Waals surface area contributed by atoms with Gasteiger partial charge in [0.1, 0.15) is 0 Å². The van der Waals surface area contributed by atoms with Gasteiger partial charge in [0.05, 0.1) is 21.8 Å². The number of aromatic nitrogens is 1. The second-order valence-corrected chi connectivity index (χ2v) is 7.10. The van der Waals surface area contributed by atoms with E-state index in [1.54, 1.807) is 26.0 Å². The minimum absolute atomic E-state index is 0.0997. The molecule has 156 valence electrons. The Morgan fingerprint density at radius 2 is 1.90 bits per heavy atom. The number of halogens is 4. The lowest BCUT2D eigenvalue weighted by molar-refractivity contribution is -0.137. The minimum atomic E-state index is -4.58.